The molecule has 1 aliphatic rings. The first-order chi connectivity index (χ1) is 11.5. The largest absolute Gasteiger partial charge is 0.352 e. The third kappa shape index (κ3) is 3.42. The number of likely N-dealkylation sites (tertiary alicyclic amines) is 1. The molecule has 1 fully saturated rings. The fourth-order valence-corrected chi connectivity index (χ4v) is 2.72. The van der Waals surface area contributed by atoms with Crippen molar-refractivity contribution >= 4 is 11.8 Å². The van der Waals surface area contributed by atoms with Gasteiger partial charge in [0.05, 0.1) is 5.92 Å². The van der Waals surface area contributed by atoms with Crippen molar-refractivity contribution in [2.75, 3.05) is 6.54 Å². The normalized spacial score (nSPS) is 17.5. The molecule has 0 radical (unpaired) electrons. The van der Waals surface area contributed by atoms with Gasteiger partial charge in [0, 0.05) is 31.7 Å². The van der Waals surface area contributed by atoms with Crippen LogP contribution in [0.3, 0.4) is 0 Å². The molecule has 0 unspecified atom stereocenters. The van der Waals surface area contributed by atoms with Crippen LogP contribution in [0.5, 0.6) is 0 Å². The summed E-state index contributed by atoms with van der Waals surface area (Å²) in [6, 6.07) is 3.82. The molecule has 24 heavy (non-hydrogen) atoms. The third-order valence-corrected chi connectivity index (χ3v) is 4.08. The lowest BCUT2D eigenvalue weighted by Gasteiger charge is -2.20. The van der Waals surface area contributed by atoms with Crippen molar-refractivity contribution < 1.29 is 9.59 Å². The zero-order valence-corrected chi connectivity index (χ0v) is 13.7. The summed E-state index contributed by atoms with van der Waals surface area (Å²) in [5.74, 6) is 0.342. The Bertz CT molecular complexity index is 711. The Kier molecular flexibility index (Phi) is 4.54. The number of carbonyl (C=O) groups is 2. The van der Waals surface area contributed by atoms with Crippen LogP contribution in [-0.2, 0) is 16.1 Å². The molecular weight excluding hydrogens is 308 g/mol. The first-order valence-electron chi connectivity index (χ1n) is 7.91. The fraction of sp³-hybridized carbons (Fsp3) is 0.438. The van der Waals surface area contributed by atoms with E-state index in [-0.39, 0.29) is 30.2 Å². The number of carbonyl (C=O) groups excluding carboxylic acids is 2. The molecule has 3 rings (SSSR count). The summed E-state index contributed by atoms with van der Waals surface area (Å²) in [6.07, 6.45) is 4.99. The van der Waals surface area contributed by atoms with Gasteiger partial charge in [-0.1, -0.05) is 6.07 Å². The number of hydrogen-bond acceptors (Lipinski definition) is 5. The first kappa shape index (κ1) is 16.1. The van der Waals surface area contributed by atoms with E-state index >= 15 is 0 Å². The zero-order chi connectivity index (χ0) is 17.1. The van der Waals surface area contributed by atoms with Crippen molar-refractivity contribution in [2.45, 2.75) is 32.9 Å². The van der Waals surface area contributed by atoms with Crippen molar-refractivity contribution in [2.24, 2.45) is 5.92 Å². The van der Waals surface area contributed by atoms with E-state index < -0.39 is 0 Å². The van der Waals surface area contributed by atoms with E-state index in [1.165, 1.54) is 6.33 Å². The Balaban J connectivity index is 1.54. The van der Waals surface area contributed by atoms with E-state index in [2.05, 4.69) is 20.4 Å². The van der Waals surface area contributed by atoms with E-state index in [9.17, 15) is 9.59 Å². The topological polar surface area (TPSA) is 93.0 Å². The van der Waals surface area contributed by atoms with E-state index in [1.54, 1.807) is 22.1 Å². The minimum absolute atomic E-state index is 0.0454. The number of nitrogens with one attached hydrogen (secondary N) is 1. The third-order valence-electron chi connectivity index (χ3n) is 4.08. The minimum atomic E-state index is -0.276. The van der Waals surface area contributed by atoms with Crippen molar-refractivity contribution in [3.63, 3.8) is 0 Å². The second-order valence-corrected chi connectivity index (χ2v) is 6.12. The molecular formula is C16H20N6O2. The smallest absolute Gasteiger partial charge is 0.225 e. The average Bonchev–Trinajstić information content (AvgIpc) is 3.22. The van der Waals surface area contributed by atoms with Gasteiger partial charge >= 0.3 is 0 Å². The Morgan fingerprint density at radius 3 is 2.83 bits per heavy atom. The molecule has 2 amide bonds. The Labute approximate surface area is 139 Å². The standard InChI is InChI=1S/C16H20N6O2/c1-11(2)21-8-13(5-15(21)23)16(24)19-7-12-3-4-14(18-6-12)22-10-17-9-20-22/h3-4,6,9-11,13H,5,7-8H2,1-2H3,(H,19,24)/t13-/m1/s1. The molecule has 3 heterocycles. The molecule has 126 valence electrons. The number of nitrogens with zero attached hydrogens (tertiary/aromatic N) is 5. The highest BCUT2D eigenvalue weighted by Crippen LogP contribution is 2.20. The van der Waals surface area contributed by atoms with Gasteiger partial charge in [0.25, 0.3) is 0 Å². The van der Waals surface area contributed by atoms with Gasteiger partial charge in [-0.05, 0) is 25.5 Å². The molecule has 2 aromatic heterocycles. The maximum Gasteiger partial charge on any atom is 0.225 e. The summed E-state index contributed by atoms with van der Waals surface area (Å²) in [5.41, 5.74) is 0.886. The van der Waals surface area contributed by atoms with Crippen LogP contribution >= 0.6 is 0 Å². The van der Waals surface area contributed by atoms with Gasteiger partial charge in [-0.25, -0.2) is 14.6 Å². The van der Waals surface area contributed by atoms with Crippen LogP contribution < -0.4 is 5.32 Å². The van der Waals surface area contributed by atoms with E-state index in [0.29, 0.717) is 18.9 Å². The lowest BCUT2D eigenvalue weighted by atomic mass is 10.1. The Hall–Kier alpha value is -2.77. The SMILES string of the molecule is CC(C)N1C[C@H](C(=O)NCc2ccc(-n3cncn3)nc2)CC1=O. The minimum Gasteiger partial charge on any atom is -0.352 e. The van der Waals surface area contributed by atoms with Gasteiger partial charge in [0.15, 0.2) is 5.82 Å². The summed E-state index contributed by atoms with van der Waals surface area (Å²) >= 11 is 0. The molecule has 0 aliphatic carbocycles. The van der Waals surface area contributed by atoms with Crippen LogP contribution in [0.25, 0.3) is 5.82 Å². The Morgan fingerprint density at radius 1 is 1.42 bits per heavy atom. The molecule has 8 heteroatoms. The highest BCUT2D eigenvalue weighted by atomic mass is 16.2. The molecule has 0 aromatic carbocycles. The van der Waals surface area contributed by atoms with Crippen molar-refractivity contribution in [3.8, 4) is 5.82 Å². The molecule has 2 aromatic rings. The van der Waals surface area contributed by atoms with Crippen molar-refractivity contribution in [3.05, 3.63) is 36.5 Å². The molecule has 0 bridgehead atoms. The maximum atomic E-state index is 12.3. The maximum absolute atomic E-state index is 12.3. The summed E-state index contributed by atoms with van der Waals surface area (Å²) in [7, 11) is 0. The van der Waals surface area contributed by atoms with Gasteiger partial charge in [-0.3, -0.25) is 9.59 Å². The summed E-state index contributed by atoms with van der Waals surface area (Å²) in [5, 5.41) is 6.89. The van der Waals surface area contributed by atoms with Gasteiger partial charge < -0.3 is 10.2 Å². The number of aromatic nitrogens is 4. The van der Waals surface area contributed by atoms with E-state index in [4.69, 9.17) is 0 Å². The van der Waals surface area contributed by atoms with Gasteiger partial charge in [-0.15, -0.1) is 0 Å². The first-order valence-corrected chi connectivity index (χ1v) is 7.91. The van der Waals surface area contributed by atoms with Crippen LogP contribution in [-0.4, -0.2) is 49.0 Å². The highest BCUT2D eigenvalue weighted by Gasteiger charge is 2.35. The second kappa shape index (κ2) is 6.77. The molecule has 8 nitrogen and oxygen atoms in total. The van der Waals surface area contributed by atoms with Crippen LogP contribution in [0.1, 0.15) is 25.8 Å². The van der Waals surface area contributed by atoms with Crippen LogP contribution in [0.4, 0.5) is 0 Å². The molecule has 1 N–H and O–H groups in total. The summed E-state index contributed by atoms with van der Waals surface area (Å²) in [6.45, 7) is 4.79. The quantitative estimate of drug-likeness (QED) is 0.864. The van der Waals surface area contributed by atoms with Crippen LogP contribution in [0.2, 0.25) is 0 Å². The average molecular weight is 328 g/mol. The summed E-state index contributed by atoms with van der Waals surface area (Å²) < 4.78 is 1.56. The van der Waals surface area contributed by atoms with Crippen LogP contribution in [0.15, 0.2) is 31.0 Å². The second-order valence-electron chi connectivity index (χ2n) is 6.12. The summed E-state index contributed by atoms with van der Waals surface area (Å²) in [4.78, 5) is 34.0. The predicted molar refractivity (Wildman–Crippen MR) is 86.0 cm³/mol. The molecule has 1 aliphatic heterocycles. The van der Waals surface area contributed by atoms with E-state index in [1.807, 2.05) is 26.0 Å². The number of rotatable bonds is 5. The molecule has 0 saturated carbocycles. The number of hydrogen-bond donors (Lipinski definition) is 1. The zero-order valence-electron chi connectivity index (χ0n) is 13.7. The van der Waals surface area contributed by atoms with Gasteiger partial charge in [0.2, 0.25) is 11.8 Å². The lowest BCUT2D eigenvalue weighted by Crippen LogP contribution is -2.35. The lowest BCUT2D eigenvalue weighted by molar-refractivity contribution is -0.130. The van der Waals surface area contributed by atoms with Crippen molar-refractivity contribution in [1.29, 1.82) is 0 Å². The predicted octanol–water partition coefficient (Wildman–Crippen LogP) is 0.535. The van der Waals surface area contributed by atoms with Gasteiger partial charge in [-0.2, -0.15) is 5.10 Å². The van der Waals surface area contributed by atoms with Crippen LogP contribution in [0, 0.1) is 5.92 Å². The van der Waals surface area contributed by atoms with Gasteiger partial charge in [0.1, 0.15) is 12.7 Å². The number of amides is 2. The van der Waals surface area contributed by atoms with Crippen molar-refractivity contribution in [1.82, 2.24) is 30.0 Å². The monoisotopic (exact) mass is 328 g/mol. The molecule has 1 atom stereocenters. The molecule has 1 saturated heterocycles. The number of pyridine rings is 1. The highest BCUT2D eigenvalue weighted by molar-refractivity contribution is 5.89. The molecule has 0 spiro atoms. The Morgan fingerprint density at radius 2 is 2.25 bits per heavy atom. The fourth-order valence-electron chi connectivity index (χ4n) is 2.72. The van der Waals surface area contributed by atoms with E-state index in [0.717, 1.165) is 5.56 Å².